The highest BCUT2D eigenvalue weighted by atomic mass is 16.3. The van der Waals surface area contributed by atoms with Crippen molar-refractivity contribution in [2.75, 3.05) is 31.5 Å². The van der Waals surface area contributed by atoms with E-state index in [0.717, 1.165) is 49.5 Å². The van der Waals surface area contributed by atoms with Gasteiger partial charge in [-0.2, -0.15) is 0 Å². The lowest BCUT2D eigenvalue weighted by Gasteiger charge is -2.34. The third-order valence-corrected chi connectivity index (χ3v) is 6.09. The third kappa shape index (κ3) is 5.77. The molecule has 1 atom stereocenters. The van der Waals surface area contributed by atoms with Crippen molar-refractivity contribution in [1.29, 1.82) is 0 Å². The maximum Gasteiger partial charge on any atom is 0.240 e. The first kappa shape index (κ1) is 22.9. The van der Waals surface area contributed by atoms with Gasteiger partial charge in [0.05, 0.1) is 12.1 Å². The molecule has 1 aromatic heterocycles. The minimum absolute atomic E-state index is 0.0429. The topological polar surface area (TPSA) is 108 Å². The van der Waals surface area contributed by atoms with E-state index in [-0.39, 0.29) is 11.8 Å². The Hall–Kier alpha value is -3.23. The van der Waals surface area contributed by atoms with Crippen LogP contribution in [0.1, 0.15) is 25.2 Å². The predicted octanol–water partition coefficient (Wildman–Crippen LogP) is 2.57. The van der Waals surface area contributed by atoms with Gasteiger partial charge in [0.1, 0.15) is 23.4 Å². The van der Waals surface area contributed by atoms with Crippen LogP contribution in [0.2, 0.25) is 0 Å². The van der Waals surface area contributed by atoms with Crippen LogP contribution in [0, 0.1) is 5.92 Å². The van der Waals surface area contributed by atoms with Crippen molar-refractivity contribution < 1.29 is 9.90 Å². The molecule has 1 amide bonds. The van der Waals surface area contributed by atoms with E-state index in [1.165, 1.54) is 5.56 Å². The number of nitrogens with one attached hydrogen (secondary N) is 1. The highest BCUT2D eigenvalue weighted by molar-refractivity contribution is 5.91. The summed E-state index contributed by atoms with van der Waals surface area (Å²) in [7, 11) is 0. The monoisotopic (exact) mass is 448 g/mol. The molecular formula is C25H32N6O2. The summed E-state index contributed by atoms with van der Waals surface area (Å²) >= 11 is 0. The molecule has 3 aromatic rings. The van der Waals surface area contributed by atoms with Crippen LogP contribution >= 0.6 is 0 Å². The lowest BCUT2D eigenvalue weighted by atomic mass is 10.0. The van der Waals surface area contributed by atoms with Crippen molar-refractivity contribution in [3.63, 3.8) is 0 Å². The van der Waals surface area contributed by atoms with Crippen LogP contribution in [-0.2, 0) is 17.9 Å². The van der Waals surface area contributed by atoms with Crippen LogP contribution in [0.15, 0.2) is 48.5 Å². The van der Waals surface area contributed by atoms with Crippen molar-refractivity contribution in [2.45, 2.75) is 33.0 Å². The number of amides is 1. The lowest BCUT2D eigenvalue weighted by Crippen LogP contribution is -2.45. The second-order valence-electron chi connectivity index (χ2n) is 8.99. The number of nitrogens with two attached hydrogens (primary N) is 1. The normalized spacial score (nSPS) is 16.2. The molecule has 0 bridgehead atoms. The summed E-state index contributed by atoms with van der Waals surface area (Å²) in [6, 6.07) is 14.7. The fraction of sp³-hybridized carbons (Fsp3) is 0.400. The third-order valence-electron chi connectivity index (χ3n) is 6.09. The van der Waals surface area contributed by atoms with Gasteiger partial charge >= 0.3 is 0 Å². The number of anilines is 1. The Morgan fingerprint density at radius 3 is 2.27 bits per heavy atom. The van der Waals surface area contributed by atoms with Crippen LogP contribution in [0.4, 0.5) is 5.82 Å². The van der Waals surface area contributed by atoms with Gasteiger partial charge in [-0.15, -0.1) is 0 Å². The van der Waals surface area contributed by atoms with Crippen LogP contribution in [-0.4, -0.2) is 63.0 Å². The zero-order chi connectivity index (χ0) is 23.4. The van der Waals surface area contributed by atoms with Crippen molar-refractivity contribution in [1.82, 2.24) is 19.8 Å². The molecule has 2 aromatic carbocycles. The summed E-state index contributed by atoms with van der Waals surface area (Å²) in [5.41, 5.74) is 7.67. The molecule has 0 unspecified atom stereocenters. The number of fused-ring (bicyclic) bond motifs is 1. The number of hydrogen-bond acceptors (Lipinski definition) is 7. The number of benzene rings is 2. The molecule has 1 aliphatic rings. The smallest absolute Gasteiger partial charge is 0.240 e. The van der Waals surface area contributed by atoms with Gasteiger partial charge < -0.3 is 16.2 Å². The Labute approximate surface area is 194 Å². The van der Waals surface area contributed by atoms with Gasteiger partial charge in [0.25, 0.3) is 0 Å². The second kappa shape index (κ2) is 10.1. The number of primary amides is 1. The van der Waals surface area contributed by atoms with E-state index >= 15 is 0 Å². The minimum Gasteiger partial charge on any atom is -0.508 e. The molecule has 8 heteroatoms. The van der Waals surface area contributed by atoms with E-state index in [4.69, 9.17) is 15.7 Å². The van der Waals surface area contributed by atoms with Gasteiger partial charge in [-0.1, -0.05) is 38.1 Å². The van der Waals surface area contributed by atoms with E-state index in [2.05, 4.69) is 15.1 Å². The van der Waals surface area contributed by atoms with Crippen LogP contribution in [0.3, 0.4) is 0 Å². The van der Waals surface area contributed by atoms with E-state index in [9.17, 15) is 9.90 Å². The summed E-state index contributed by atoms with van der Waals surface area (Å²) in [5, 5.41) is 13.6. The quantitative estimate of drug-likeness (QED) is 0.486. The first-order chi connectivity index (χ1) is 15.9. The molecular weight excluding hydrogens is 416 g/mol. The fourth-order valence-electron chi connectivity index (χ4n) is 4.18. The van der Waals surface area contributed by atoms with Crippen LogP contribution in [0.5, 0.6) is 5.75 Å². The van der Waals surface area contributed by atoms with Gasteiger partial charge in [0.15, 0.2) is 0 Å². The fourth-order valence-corrected chi connectivity index (χ4v) is 4.18. The number of carbonyl (C=O) groups excluding carboxylic acids is 1. The van der Waals surface area contributed by atoms with E-state index < -0.39 is 6.04 Å². The molecule has 1 fully saturated rings. The molecule has 0 saturated carbocycles. The average Bonchev–Trinajstić information content (AvgIpc) is 2.79. The summed E-state index contributed by atoms with van der Waals surface area (Å²) in [6.07, 6.45) is 0. The van der Waals surface area contributed by atoms with Gasteiger partial charge in [-0.05, 0) is 35.7 Å². The van der Waals surface area contributed by atoms with Gasteiger partial charge in [-0.25, -0.2) is 9.97 Å². The summed E-state index contributed by atoms with van der Waals surface area (Å²) in [6.45, 7) is 9.20. The first-order valence-electron chi connectivity index (χ1n) is 11.4. The number of phenolic OH excluding ortho intramolecular Hbond substituents is 1. The number of aromatic nitrogens is 2. The van der Waals surface area contributed by atoms with Crippen molar-refractivity contribution >= 4 is 22.6 Å². The number of aromatic hydroxyl groups is 1. The molecule has 1 saturated heterocycles. The standard InChI is InChI=1S/C25H32N6O2/c1-17(2)23(24(26)33)29-25-20-5-3-4-6-21(20)27-22(28-25)16-31-13-11-30(12-14-31)15-18-7-9-19(32)10-8-18/h3-10,17,23,32H,11-16H2,1-2H3,(H2,26,33)(H,27,28,29)/t23-/m0/s1. The zero-order valence-electron chi connectivity index (χ0n) is 19.2. The van der Waals surface area contributed by atoms with Crippen molar-refractivity contribution in [3.05, 3.63) is 59.9 Å². The van der Waals surface area contributed by atoms with Crippen molar-refractivity contribution in [3.8, 4) is 5.75 Å². The maximum absolute atomic E-state index is 12.0. The maximum atomic E-state index is 12.0. The Bertz CT molecular complexity index is 1090. The van der Waals surface area contributed by atoms with E-state index in [1.807, 2.05) is 50.2 Å². The summed E-state index contributed by atoms with van der Waals surface area (Å²) in [4.78, 5) is 26.3. The summed E-state index contributed by atoms with van der Waals surface area (Å²) in [5.74, 6) is 1.33. The Morgan fingerprint density at radius 1 is 1.00 bits per heavy atom. The zero-order valence-corrected chi connectivity index (χ0v) is 19.2. The molecule has 4 N–H and O–H groups in total. The number of para-hydroxylation sites is 1. The van der Waals surface area contributed by atoms with Crippen LogP contribution < -0.4 is 11.1 Å². The number of hydrogen-bond donors (Lipinski definition) is 3. The Balaban J connectivity index is 1.44. The highest BCUT2D eigenvalue weighted by Crippen LogP contribution is 2.23. The molecule has 2 heterocycles. The number of phenols is 1. The molecule has 174 valence electrons. The average molecular weight is 449 g/mol. The highest BCUT2D eigenvalue weighted by Gasteiger charge is 2.22. The Kier molecular flexibility index (Phi) is 7.05. The molecule has 0 aliphatic carbocycles. The van der Waals surface area contributed by atoms with Crippen LogP contribution in [0.25, 0.3) is 10.9 Å². The number of rotatable bonds is 8. The lowest BCUT2D eigenvalue weighted by molar-refractivity contribution is -0.119. The number of piperazine rings is 1. The second-order valence-corrected chi connectivity index (χ2v) is 8.99. The predicted molar refractivity (Wildman–Crippen MR) is 130 cm³/mol. The molecule has 0 radical (unpaired) electrons. The van der Waals surface area contributed by atoms with Gasteiger partial charge in [-0.3, -0.25) is 14.6 Å². The Morgan fingerprint density at radius 2 is 1.64 bits per heavy atom. The number of carbonyl (C=O) groups is 1. The SMILES string of the molecule is CC(C)[C@H](Nc1nc(CN2CCN(Cc3ccc(O)cc3)CC2)nc2ccccc12)C(N)=O. The molecule has 1 aliphatic heterocycles. The van der Waals surface area contributed by atoms with E-state index in [0.29, 0.717) is 18.1 Å². The summed E-state index contributed by atoms with van der Waals surface area (Å²) < 4.78 is 0. The largest absolute Gasteiger partial charge is 0.508 e. The van der Waals surface area contributed by atoms with Gasteiger partial charge in [0, 0.05) is 38.1 Å². The molecule has 8 nitrogen and oxygen atoms in total. The van der Waals surface area contributed by atoms with Crippen molar-refractivity contribution in [2.24, 2.45) is 11.7 Å². The number of nitrogens with zero attached hydrogens (tertiary/aromatic N) is 4. The molecule has 0 spiro atoms. The first-order valence-corrected chi connectivity index (χ1v) is 11.4. The van der Waals surface area contributed by atoms with E-state index in [1.54, 1.807) is 12.1 Å². The molecule has 4 rings (SSSR count). The van der Waals surface area contributed by atoms with Gasteiger partial charge in [0.2, 0.25) is 5.91 Å². The minimum atomic E-state index is -0.500. The molecule has 33 heavy (non-hydrogen) atoms.